The number of nitrogens with zero attached hydrogens (tertiary/aromatic N) is 1. The van der Waals surface area contributed by atoms with Crippen LogP contribution in [0.4, 0.5) is 5.69 Å². The summed E-state index contributed by atoms with van der Waals surface area (Å²) in [5, 5.41) is 3.35. The van der Waals surface area contributed by atoms with Gasteiger partial charge in [0.25, 0.3) is 15.9 Å². The van der Waals surface area contributed by atoms with Crippen molar-refractivity contribution in [3.8, 4) is 5.75 Å². The summed E-state index contributed by atoms with van der Waals surface area (Å²) in [5.41, 5.74) is 1.61. The maximum Gasteiger partial charge on any atom is 0.264 e. The lowest BCUT2D eigenvalue weighted by molar-refractivity contribution is -0.127. The first-order chi connectivity index (χ1) is 14.4. The number of fused-ring (bicyclic) bond motifs is 1. The van der Waals surface area contributed by atoms with E-state index < -0.39 is 16.1 Å². The molecule has 2 aromatic carbocycles. The van der Waals surface area contributed by atoms with Crippen LogP contribution < -0.4 is 14.4 Å². The molecule has 1 atom stereocenters. The standard InChI is InChI=1S/C22H23ClN2O4S/c23-17-10-12-18(13-11-17)30(27,28)25-15-21(29-20-9-5-4-8-19(20)25)22(26)24-14-16-6-2-1-3-7-16/h4-6,8-13,21H,1-3,7,14-15H2,(H,24,26)/t21-/m0/s1. The van der Waals surface area contributed by atoms with Crippen LogP contribution in [-0.2, 0) is 14.8 Å². The van der Waals surface area contributed by atoms with Crippen molar-refractivity contribution in [2.75, 3.05) is 17.4 Å². The Bertz CT molecular complexity index is 1070. The second-order valence-corrected chi connectivity index (χ2v) is 9.69. The zero-order valence-corrected chi connectivity index (χ0v) is 18.0. The quantitative estimate of drug-likeness (QED) is 0.706. The number of hydrogen-bond acceptors (Lipinski definition) is 4. The monoisotopic (exact) mass is 446 g/mol. The lowest BCUT2D eigenvalue weighted by Gasteiger charge is -2.34. The van der Waals surface area contributed by atoms with Crippen LogP contribution in [0.1, 0.15) is 25.7 Å². The Morgan fingerprint density at radius 1 is 1.13 bits per heavy atom. The summed E-state index contributed by atoms with van der Waals surface area (Å²) >= 11 is 5.91. The number of benzene rings is 2. The molecule has 0 spiro atoms. The van der Waals surface area contributed by atoms with Crippen LogP contribution in [0.2, 0.25) is 5.02 Å². The van der Waals surface area contributed by atoms with Gasteiger partial charge in [0.2, 0.25) is 0 Å². The van der Waals surface area contributed by atoms with Crippen LogP contribution in [0.3, 0.4) is 0 Å². The molecule has 2 aliphatic rings. The summed E-state index contributed by atoms with van der Waals surface area (Å²) in [6.07, 6.45) is 5.54. The average Bonchev–Trinajstić information content (AvgIpc) is 2.77. The summed E-state index contributed by atoms with van der Waals surface area (Å²) in [5.74, 6) is 0.0330. The Morgan fingerprint density at radius 2 is 1.90 bits per heavy atom. The number of hydrogen-bond donors (Lipinski definition) is 1. The summed E-state index contributed by atoms with van der Waals surface area (Å²) in [6, 6.07) is 12.8. The molecule has 2 aromatic rings. The number of carbonyl (C=O) groups excluding carboxylic acids is 1. The molecular formula is C22H23ClN2O4S. The van der Waals surface area contributed by atoms with E-state index in [1.165, 1.54) is 40.6 Å². The van der Waals surface area contributed by atoms with E-state index in [1.807, 2.05) is 0 Å². The van der Waals surface area contributed by atoms with Gasteiger partial charge in [0.05, 0.1) is 17.1 Å². The van der Waals surface area contributed by atoms with Gasteiger partial charge in [-0.2, -0.15) is 0 Å². The molecule has 1 amide bonds. The van der Waals surface area contributed by atoms with Gasteiger partial charge in [-0.05, 0) is 62.1 Å². The molecule has 0 unspecified atom stereocenters. The zero-order valence-electron chi connectivity index (χ0n) is 16.4. The highest BCUT2D eigenvalue weighted by molar-refractivity contribution is 7.92. The second-order valence-electron chi connectivity index (χ2n) is 7.39. The third-order valence-electron chi connectivity index (χ3n) is 5.30. The molecule has 0 radical (unpaired) electrons. The minimum atomic E-state index is -3.89. The van der Waals surface area contributed by atoms with E-state index >= 15 is 0 Å². The molecule has 1 heterocycles. The smallest absolute Gasteiger partial charge is 0.264 e. The number of allylic oxidation sites excluding steroid dienone is 1. The number of para-hydroxylation sites is 2. The van der Waals surface area contributed by atoms with Crippen molar-refractivity contribution in [1.82, 2.24) is 5.32 Å². The van der Waals surface area contributed by atoms with Crippen LogP contribution >= 0.6 is 11.6 Å². The lowest BCUT2D eigenvalue weighted by atomic mass is 10.00. The Kier molecular flexibility index (Phi) is 6.01. The van der Waals surface area contributed by atoms with Crippen LogP contribution in [0, 0.1) is 0 Å². The average molecular weight is 447 g/mol. The molecule has 0 fully saturated rings. The molecule has 30 heavy (non-hydrogen) atoms. The van der Waals surface area contributed by atoms with Gasteiger partial charge in [-0.1, -0.05) is 35.4 Å². The van der Waals surface area contributed by atoms with Crippen molar-refractivity contribution in [3.63, 3.8) is 0 Å². The number of ether oxygens (including phenoxy) is 1. The second kappa shape index (κ2) is 8.70. The van der Waals surface area contributed by atoms with Crippen LogP contribution in [0.25, 0.3) is 0 Å². The van der Waals surface area contributed by atoms with E-state index in [-0.39, 0.29) is 17.3 Å². The van der Waals surface area contributed by atoms with Crippen molar-refractivity contribution >= 4 is 33.2 Å². The molecule has 1 N–H and O–H groups in total. The van der Waals surface area contributed by atoms with E-state index in [2.05, 4.69) is 11.4 Å². The fraction of sp³-hybridized carbons (Fsp3) is 0.318. The number of halogens is 1. The van der Waals surface area contributed by atoms with E-state index in [4.69, 9.17) is 16.3 Å². The van der Waals surface area contributed by atoms with E-state index in [0.717, 1.165) is 19.3 Å². The van der Waals surface area contributed by atoms with Crippen LogP contribution in [0.15, 0.2) is 65.1 Å². The predicted molar refractivity (Wildman–Crippen MR) is 116 cm³/mol. The van der Waals surface area contributed by atoms with Crippen LogP contribution in [0.5, 0.6) is 5.75 Å². The van der Waals surface area contributed by atoms with Crippen molar-refractivity contribution in [2.24, 2.45) is 0 Å². The third-order valence-corrected chi connectivity index (χ3v) is 7.35. The topological polar surface area (TPSA) is 75.7 Å². The SMILES string of the molecule is O=C(NCC1=CCCCC1)[C@@H]1CN(S(=O)(=O)c2ccc(Cl)cc2)c2ccccc2O1. The molecule has 0 saturated carbocycles. The molecule has 0 bridgehead atoms. The van der Waals surface area contributed by atoms with Crippen LogP contribution in [-0.4, -0.2) is 33.5 Å². The first-order valence-corrected chi connectivity index (χ1v) is 11.8. The number of carbonyl (C=O) groups is 1. The molecule has 1 aliphatic heterocycles. The Labute approximate surface area is 181 Å². The number of rotatable bonds is 5. The van der Waals surface area contributed by atoms with E-state index in [0.29, 0.717) is 23.0 Å². The molecule has 158 valence electrons. The maximum atomic E-state index is 13.3. The van der Waals surface area contributed by atoms with E-state index in [1.54, 1.807) is 24.3 Å². The molecule has 0 saturated heterocycles. The minimum Gasteiger partial charge on any atom is -0.476 e. The van der Waals surface area contributed by atoms with Gasteiger partial charge in [-0.25, -0.2) is 8.42 Å². The van der Waals surface area contributed by atoms with Crippen molar-refractivity contribution in [3.05, 3.63) is 65.2 Å². The Hall–Kier alpha value is -2.51. The molecule has 0 aromatic heterocycles. The fourth-order valence-corrected chi connectivity index (χ4v) is 5.28. The Balaban J connectivity index is 1.58. The summed E-state index contributed by atoms with van der Waals surface area (Å²) in [4.78, 5) is 12.9. The summed E-state index contributed by atoms with van der Waals surface area (Å²) in [6.45, 7) is 0.358. The van der Waals surface area contributed by atoms with Gasteiger partial charge >= 0.3 is 0 Å². The highest BCUT2D eigenvalue weighted by Gasteiger charge is 2.37. The normalized spacial score (nSPS) is 18.8. The first-order valence-electron chi connectivity index (χ1n) is 9.95. The first kappa shape index (κ1) is 20.8. The molecule has 8 heteroatoms. The minimum absolute atomic E-state index is 0.104. The lowest BCUT2D eigenvalue weighted by Crippen LogP contribution is -2.51. The third kappa shape index (κ3) is 4.32. The van der Waals surface area contributed by atoms with Crippen molar-refractivity contribution in [1.29, 1.82) is 0 Å². The molecular weight excluding hydrogens is 424 g/mol. The predicted octanol–water partition coefficient (Wildman–Crippen LogP) is 3.91. The zero-order chi connectivity index (χ0) is 21.1. The van der Waals surface area contributed by atoms with Gasteiger partial charge in [0, 0.05) is 11.6 Å². The highest BCUT2D eigenvalue weighted by Crippen LogP contribution is 2.37. The van der Waals surface area contributed by atoms with Gasteiger partial charge < -0.3 is 10.1 Å². The van der Waals surface area contributed by atoms with Gasteiger partial charge in [0.15, 0.2) is 6.10 Å². The highest BCUT2D eigenvalue weighted by atomic mass is 35.5. The maximum absolute atomic E-state index is 13.3. The molecule has 1 aliphatic carbocycles. The van der Waals surface area contributed by atoms with Crippen molar-refractivity contribution in [2.45, 2.75) is 36.7 Å². The number of sulfonamides is 1. The number of amides is 1. The van der Waals surface area contributed by atoms with Crippen molar-refractivity contribution < 1.29 is 17.9 Å². The summed E-state index contributed by atoms with van der Waals surface area (Å²) < 4.78 is 33.7. The number of nitrogens with one attached hydrogen (secondary N) is 1. The summed E-state index contributed by atoms with van der Waals surface area (Å²) in [7, 11) is -3.89. The largest absolute Gasteiger partial charge is 0.476 e. The molecule has 4 rings (SSSR count). The Morgan fingerprint density at radius 3 is 2.63 bits per heavy atom. The molecule has 6 nitrogen and oxygen atoms in total. The van der Waals surface area contributed by atoms with Gasteiger partial charge in [-0.15, -0.1) is 0 Å². The van der Waals surface area contributed by atoms with E-state index in [9.17, 15) is 13.2 Å². The van der Waals surface area contributed by atoms with Gasteiger partial charge in [-0.3, -0.25) is 9.10 Å². The van der Waals surface area contributed by atoms with Gasteiger partial charge in [0.1, 0.15) is 5.75 Å². The number of anilines is 1. The fourth-order valence-electron chi connectivity index (χ4n) is 3.68.